The van der Waals surface area contributed by atoms with Gasteiger partial charge < -0.3 is 5.53 Å². The monoisotopic (exact) mass is 92.0 g/mol. The van der Waals surface area contributed by atoms with Crippen LogP contribution < -0.4 is 0 Å². The summed E-state index contributed by atoms with van der Waals surface area (Å²) in [5.41, 5.74) is 7.33. The minimum atomic E-state index is -2.64. The second-order valence-corrected chi connectivity index (χ2v) is 0.599. The Labute approximate surface area is 33.0 Å². The first-order valence-corrected chi connectivity index (χ1v) is 1.23. The van der Waals surface area contributed by atoms with Gasteiger partial charge in [-0.2, -0.15) is 13.6 Å². The standard InChI is InChI=1S/C2H2F2N2/c3-2(4)1-6-5/h1-2H. The molecule has 0 saturated carbocycles. The summed E-state index contributed by atoms with van der Waals surface area (Å²) in [5.74, 6) is 0. The Morgan fingerprint density at radius 2 is 2.17 bits per heavy atom. The van der Waals surface area contributed by atoms with Crippen LogP contribution in [-0.4, -0.2) is 17.4 Å². The third-order valence-electron chi connectivity index (χ3n) is 0.179. The predicted molar refractivity (Wildman–Crippen MR) is 15.7 cm³/mol. The summed E-state index contributed by atoms with van der Waals surface area (Å²) < 4.78 is 21.5. The summed E-state index contributed by atoms with van der Waals surface area (Å²) in [6.07, 6.45) is -2.50. The van der Waals surface area contributed by atoms with E-state index in [1.807, 2.05) is 0 Å². The molecule has 0 aromatic carbocycles. The molecule has 0 N–H and O–H groups in total. The molecule has 0 atom stereocenters. The Kier molecular flexibility index (Phi) is 2.16. The van der Waals surface area contributed by atoms with Crippen molar-refractivity contribution in [3.8, 4) is 0 Å². The maximum atomic E-state index is 10.7. The molecule has 0 aliphatic heterocycles. The summed E-state index contributed by atoms with van der Waals surface area (Å²) in [4.78, 5) is 2.06. The molecule has 0 aliphatic rings. The highest BCUT2D eigenvalue weighted by atomic mass is 19.3. The lowest BCUT2D eigenvalue weighted by Crippen LogP contribution is -1.89. The van der Waals surface area contributed by atoms with Crippen LogP contribution in [-0.2, 0) is 0 Å². The molecule has 0 aromatic heterocycles. The molecule has 34 valence electrons. The minimum absolute atomic E-state index is 0.139. The maximum Gasteiger partial charge on any atom is 0.330 e. The van der Waals surface area contributed by atoms with Crippen molar-refractivity contribution in [1.29, 1.82) is 0 Å². The van der Waals surface area contributed by atoms with Gasteiger partial charge in [0.2, 0.25) is 0 Å². The molecule has 2 nitrogen and oxygen atoms in total. The van der Waals surface area contributed by atoms with E-state index in [-0.39, 0.29) is 6.21 Å². The van der Waals surface area contributed by atoms with Crippen molar-refractivity contribution in [2.75, 3.05) is 0 Å². The van der Waals surface area contributed by atoms with Gasteiger partial charge in [-0.15, -0.1) is 0 Å². The molecule has 0 unspecified atom stereocenters. The number of rotatable bonds is 1. The summed E-state index contributed by atoms with van der Waals surface area (Å²) in [7, 11) is 0. The Hall–Kier alpha value is -0.760. The highest BCUT2D eigenvalue weighted by Crippen LogP contribution is 1.80. The molecule has 0 amide bonds. The van der Waals surface area contributed by atoms with E-state index >= 15 is 0 Å². The van der Waals surface area contributed by atoms with Crippen LogP contribution in [0, 0.1) is 0 Å². The van der Waals surface area contributed by atoms with Gasteiger partial charge in [0, 0.05) is 0 Å². The highest BCUT2D eigenvalue weighted by molar-refractivity contribution is 5.53. The minimum Gasteiger partial charge on any atom is -0.362 e. The molecule has 6 heavy (non-hydrogen) atoms. The number of alkyl halides is 2. The molecule has 0 heterocycles. The largest absolute Gasteiger partial charge is 0.362 e. The average molecular weight is 92.0 g/mol. The van der Waals surface area contributed by atoms with E-state index in [1.165, 1.54) is 0 Å². The lowest BCUT2D eigenvalue weighted by molar-refractivity contribution is -0.0135. The van der Waals surface area contributed by atoms with Gasteiger partial charge in [0.25, 0.3) is 0 Å². The van der Waals surface area contributed by atoms with Crippen molar-refractivity contribution in [3.63, 3.8) is 0 Å². The van der Waals surface area contributed by atoms with Gasteiger partial charge in [-0.25, -0.2) is 0 Å². The highest BCUT2D eigenvalue weighted by Gasteiger charge is 1.97. The molecular formula is C2H2F2N2. The van der Waals surface area contributed by atoms with E-state index in [4.69, 9.17) is 5.53 Å². The van der Waals surface area contributed by atoms with Gasteiger partial charge in [0.1, 0.15) is 0 Å². The summed E-state index contributed by atoms with van der Waals surface area (Å²) in [6, 6.07) is 0. The van der Waals surface area contributed by atoms with E-state index < -0.39 is 6.43 Å². The lowest BCUT2D eigenvalue weighted by Gasteiger charge is -1.67. The molecule has 0 aliphatic carbocycles. The fourth-order valence-electron chi connectivity index (χ4n) is 0.0504. The molecule has 0 rings (SSSR count). The summed E-state index contributed by atoms with van der Waals surface area (Å²) in [5, 5.41) is 0. The first-order valence-electron chi connectivity index (χ1n) is 1.23. The molecule has 0 bridgehead atoms. The Balaban J connectivity index is 3.29. The van der Waals surface area contributed by atoms with Crippen LogP contribution in [0.4, 0.5) is 8.78 Å². The SMILES string of the molecule is [N-]=[N+]=CC(F)F. The number of hydrogen-bond donors (Lipinski definition) is 0. The lowest BCUT2D eigenvalue weighted by atomic mass is 10.8. The summed E-state index contributed by atoms with van der Waals surface area (Å²) >= 11 is 0. The molecule has 0 aromatic rings. The third-order valence-corrected chi connectivity index (χ3v) is 0.179. The van der Waals surface area contributed by atoms with Crippen molar-refractivity contribution in [2.45, 2.75) is 6.43 Å². The zero-order chi connectivity index (χ0) is 4.99. The van der Waals surface area contributed by atoms with Crippen LogP contribution in [0.3, 0.4) is 0 Å². The molecule has 0 saturated heterocycles. The van der Waals surface area contributed by atoms with Crippen LogP contribution in [0.15, 0.2) is 0 Å². The van der Waals surface area contributed by atoms with Crippen molar-refractivity contribution in [2.24, 2.45) is 0 Å². The number of hydrogen-bond acceptors (Lipinski definition) is 0. The third kappa shape index (κ3) is 3.24. The van der Waals surface area contributed by atoms with Gasteiger partial charge in [-0.3, -0.25) is 0 Å². The first-order chi connectivity index (χ1) is 2.77. The van der Waals surface area contributed by atoms with Crippen molar-refractivity contribution >= 4 is 6.21 Å². The van der Waals surface area contributed by atoms with Crippen molar-refractivity contribution < 1.29 is 13.6 Å². The van der Waals surface area contributed by atoms with Crippen LogP contribution in [0.1, 0.15) is 0 Å². The zero-order valence-corrected chi connectivity index (χ0v) is 2.81. The topological polar surface area (TPSA) is 36.4 Å². The van der Waals surface area contributed by atoms with Crippen LogP contribution >= 0.6 is 0 Å². The van der Waals surface area contributed by atoms with E-state index in [2.05, 4.69) is 4.79 Å². The fraction of sp³-hybridized carbons (Fsp3) is 0.500. The van der Waals surface area contributed by atoms with Crippen molar-refractivity contribution in [3.05, 3.63) is 5.53 Å². The number of nitrogens with zero attached hydrogens (tertiary/aromatic N) is 2. The number of halogens is 2. The van der Waals surface area contributed by atoms with Crippen LogP contribution in [0.2, 0.25) is 0 Å². The second-order valence-electron chi connectivity index (χ2n) is 0.599. The predicted octanol–water partition coefficient (Wildman–Crippen LogP) is 0.552. The van der Waals surface area contributed by atoms with E-state index in [0.29, 0.717) is 0 Å². The smallest absolute Gasteiger partial charge is 0.330 e. The molecule has 0 spiro atoms. The van der Waals surface area contributed by atoms with Gasteiger partial charge >= 0.3 is 12.6 Å². The second kappa shape index (κ2) is 2.48. The van der Waals surface area contributed by atoms with E-state index in [9.17, 15) is 8.78 Å². The molecular weight excluding hydrogens is 90.0 g/mol. The van der Waals surface area contributed by atoms with Gasteiger partial charge in [-0.1, -0.05) is 0 Å². The fourth-order valence-corrected chi connectivity index (χ4v) is 0.0504. The average Bonchev–Trinajstić information content (AvgIpc) is 1.35. The Morgan fingerprint density at radius 3 is 2.17 bits per heavy atom. The molecule has 0 fully saturated rings. The first kappa shape index (κ1) is 5.24. The van der Waals surface area contributed by atoms with Gasteiger partial charge in [-0.05, 0) is 0 Å². The van der Waals surface area contributed by atoms with E-state index in [0.717, 1.165) is 0 Å². The van der Waals surface area contributed by atoms with Crippen LogP contribution in [0.25, 0.3) is 5.53 Å². The van der Waals surface area contributed by atoms with E-state index in [1.54, 1.807) is 0 Å². The Morgan fingerprint density at radius 1 is 1.67 bits per heavy atom. The molecule has 0 radical (unpaired) electrons. The van der Waals surface area contributed by atoms with Gasteiger partial charge in [0.05, 0.1) is 0 Å². The Bertz CT molecular complexity index is 73.6. The maximum absolute atomic E-state index is 10.7. The zero-order valence-electron chi connectivity index (χ0n) is 2.81. The van der Waals surface area contributed by atoms with Crippen LogP contribution in [0.5, 0.6) is 0 Å². The normalized spacial score (nSPS) is 7.83. The van der Waals surface area contributed by atoms with Crippen molar-refractivity contribution in [1.82, 2.24) is 0 Å². The summed E-state index contributed by atoms with van der Waals surface area (Å²) in [6.45, 7) is 0. The van der Waals surface area contributed by atoms with Gasteiger partial charge in [0.15, 0.2) is 0 Å². The molecule has 4 heteroatoms. The quantitative estimate of drug-likeness (QED) is 0.257.